The van der Waals surface area contributed by atoms with Crippen LogP contribution in [-0.2, 0) is 17.8 Å². The molecule has 1 aliphatic rings. The van der Waals surface area contributed by atoms with Crippen molar-refractivity contribution in [3.05, 3.63) is 102 Å². The fourth-order valence-corrected chi connectivity index (χ4v) is 4.31. The summed E-state index contributed by atoms with van der Waals surface area (Å²) in [7, 11) is 0. The molecule has 6 heteroatoms. The van der Waals surface area contributed by atoms with Crippen molar-refractivity contribution < 1.29 is 18.7 Å². The predicted molar refractivity (Wildman–Crippen MR) is 135 cm³/mol. The van der Waals surface area contributed by atoms with Crippen LogP contribution in [0.5, 0.6) is 5.75 Å². The second-order valence-corrected chi connectivity index (χ2v) is 9.73. The van der Waals surface area contributed by atoms with Gasteiger partial charge in [-0.25, -0.2) is 0 Å². The van der Waals surface area contributed by atoms with E-state index in [1.54, 1.807) is 18.2 Å². The first kappa shape index (κ1) is 24.3. The number of carbonyl (C=O) groups is 2. The lowest BCUT2D eigenvalue weighted by Gasteiger charge is -2.41. The molecule has 2 aromatic carbocycles. The second-order valence-electron chi connectivity index (χ2n) is 9.73. The number of fused-ring (bicyclic) bond motifs is 1. The molecule has 1 aromatic heterocycles. The van der Waals surface area contributed by atoms with Crippen LogP contribution >= 0.6 is 0 Å². The monoisotopic (exact) mass is 472 g/mol. The van der Waals surface area contributed by atoms with Gasteiger partial charge in [0, 0.05) is 18.5 Å². The topological polar surface area (TPSA) is 71.8 Å². The molecular formula is C29H32N2O4. The highest BCUT2D eigenvalue weighted by atomic mass is 16.5. The standard InChI is InChI=1S/C29H32N2O4/c1-5-16-30-27(32)25-14-13-23(35-25)19-34-22-12-11-20-15-17-31(28(33)29(2,3)4)26(24(20)18-22)21-9-7-6-8-10-21/h5-14,18,26H,1,15-17,19H2,2-4H3,(H,30,32)/t26-/m0/s1. The third-order valence-corrected chi connectivity index (χ3v) is 6.04. The van der Waals surface area contributed by atoms with Crippen LogP contribution in [0.1, 0.15) is 59.8 Å². The van der Waals surface area contributed by atoms with Gasteiger partial charge in [-0.2, -0.15) is 0 Å². The van der Waals surface area contributed by atoms with Crippen LogP contribution in [0, 0.1) is 5.41 Å². The minimum absolute atomic E-state index is 0.126. The molecule has 0 saturated heterocycles. The molecular weight excluding hydrogens is 440 g/mol. The lowest BCUT2D eigenvalue weighted by molar-refractivity contribution is -0.141. The van der Waals surface area contributed by atoms with Crippen molar-refractivity contribution in [2.75, 3.05) is 13.1 Å². The Morgan fingerprint density at radius 2 is 1.91 bits per heavy atom. The molecule has 0 radical (unpaired) electrons. The van der Waals surface area contributed by atoms with E-state index in [2.05, 4.69) is 30.1 Å². The molecule has 3 aromatic rings. The summed E-state index contributed by atoms with van der Waals surface area (Å²) in [6.07, 6.45) is 2.40. The van der Waals surface area contributed by atoms with Gasteiger partial charge < -0.3 is 19.4 Å². The Hall–Kier alpha value is -3.80. The highest BCUT2D eigenvalue weighted by Gasteiger charge is 2.37. The van der Waals surface area contributed by atoms with Crippen molar-refractivity contribution in [2.24, 2.45) is 5.41 Å². The minimum atomic E-state index is -0.479. The Kier molecular flexibility index (Phi) is 7.10. The number of benzene rings is 2. The van der Waals surface area contributed by atoms with Crippen molar-refractivity contribution in [1.82, 2.24) is 10.2 Å². The van der Waals surface area contributed by atoms with E-state index in [0.717, 1.165) is 17.5 Å². The first-order valence-corrected chi connectivity index (χ1v) is 11.9. The van der Waals surface area contributed by atoms with Gasteiger partial charge in [0.1, 0.15) is 18.1 Å². The molecule has 0 bridgehead atoms. The zero-order chi connectivity index (χ0) is 25.0. The summed E-state index contributed by atoms with van der Waals surface area (Å²) in [4.78, 5) is 27.4. The molecule has 4 rings (SSSR count). The van der Waals surface area contributed by atoms with E-state index in [4.69, 9.17) is 9.15 Å². The van der Waals surface area contributed by atoms with E-state index in [-0.39, 0.29) is 30.2 Å². The molecule has 0 unspecified atom stereocenters. The first-order chi connectivity index (χ1) is 16.8. The van der Waals surface area contributed by atoms with Crippen LogP contribution in [0.15, 0.2) is 77.7 Å². The fraction of sp³-hybridized carbons (Fsp3) is 0.310. The molecule has 2 heterocycles. The maximum atomic E-state index is 13.4. The Labute approximate surface area is 206 Å². The number of ether oxygens (including phenoxy) is 1. The quantitative estimate of drug-likeness (QED) is 0.474. The summed E-state index contributed by atoms with van der Waals surface area (Å²) in [5, 5.41) is 2.69. The highest BCUT2D eigenvalue weighted by Crippen LogP contribution is 2.39. The Morgan fingerprint density at radius 3 is 2.63 bits per heavy atom. The minimum Gasteiger partial charge on any atom is -0.486 e. The van der Waals surface area contributed by atoms with Gasteiger partial charge in [-0.1, -0.05) is 63.2 Å². The van der Waals surface area contributed by atoms with E-state index in [1.165, 1.54) is 5.56 Å². The van der Waals surface area contributed by atoms with Crippen molar-refractivity contribution in [3.8, 4) is 5.75 Å². The van der Waals surface area contributed by atoms with Gasteiger partial charge in [0.2, 0.25) is 5.91 Å². The number of carbonyl (C=O) groups excluding carboxylic acids is 2. The normalized spacial score (nSPS) is 15.3. The number of amides is 2. The third kappa shape index (κ3) is 5.48. The molecule has 182 valence electrons. The summed E-state index contributed by atoms with van der Waals surface area (Å²) in [5.41, 5.74) is 2.88. The van der Waals surface area contributed by atoms with Gasteiger partial charge in [-0.3, -0.25) is 9.59 Å². The Bertz CT molecular complexity index is 1210. The molecule has 0 aliphatic carbocycles. The third-order valence-electron chi connectivity index (χ3n) is 6.04. The van der Waals surface area contributed by atoms with Gasteiger partial charge in [-0.15, -0.1) is 6.58 Å². The number of hydrogen-bond donors (Lipinski definition) is 1. The summed E-state index contributed by atoms with van der Waals surface area (Å²) in [5.74, 6) is 1.30. The largest absolute Gasteiger partial charge is 0.486 e. The average Bonchev–Trinajstić information content (AvgIpc) is 3.34. The zero-order valence-corrected chi connectivity index (χ0v) is 20.5. The van der Waals surface area contributed by atoms with Crippen LogP contribution in [0.2, 0.25) is 0 Å². The number of rotatable bonds is 7. The van der Waals surface area contributed by atoms with Gasteiger partial charge in [-0.05, 0) is 47.4 Å². The summed E-state index contributed by atoms with van der Waals surface area (Å²) in [6, 6.07) is 19.4. The van der Waals surface area contributed by atoms with Crippen LogP contribution in [0.3, 0.4) is 0 Å². The van der Waals surface area contributed by atoms with Crippen LogP contribution in [0.4, 0.5) is 0 Å². The van der Waals surface area contributed by atoms with Crippen molar-refractivity contribution in [2.45, 2.75) is 39.8 Å². The molecule has 0 saturated carbocycles. The predicted octanol–water partition coefficient (Wildman–Crippen LogP) is 5.29. The van der Waals surface area contributed by atoms with Gasteiger partial charge in [0.25, 0.3) is 5.91 Å². The maximum absolute atomic E-state index is 13.4. The van der Waals surface area contributed by atoms with Crippen molar-refractivity contribution in [1.29, 1.82) is 0 Å². The molecule has 35 heavy (non-hydrogen) atoms. The van der Waals surface area contributed by atoms with E-state index in [1.807, 2.05) is 56.0 Å². The van der Waals surface area contributed by atoms with Crippen molar-refractivity contribution in [3.63, 3.8) is 0 Å². The number of hydrogen-bond acceptors (Lipinski definition) is 4. The average molecular weight is 473 g/mol. The SMILES string of the molecule is C=CCNC(=O)c1ccc(COc2ccc3c(c2)[C@H](c2ccccc2)N(C(=O)C(C)(C)C)CC3)o1. The molecule has 1 aliphatic heterocycles. The Morgan fingerprint density at radius 1 is 1.14 bits per heavy atom. The molecule has 0 spiro atoms. The second kappa shape index (κ2) is 10.2. The lowest BCUT2D eigenvalue weighted by atomic mass is 9.85. The lowest BCUT2D eigenvalue weighted by Crippen LogP contribution is -2.45. The van der Waals surface area contributed by atoms with Crippen molar-refractivity contribution >= 4 is 11.8 Å². The van der Waals surface area contributed by atoms with Crippen LogP contribution < -0.4 is 10.1 Å². The summed E-state index contributed by atoms with van der Waals surface area (Å²) in [6.45, 7) is 10.7. The van der Waals surface area contributed by atoms with Crippen LogP contribution in [-0.4, -0.2) is 29.8 Å². The number of nitrogens with one attached hydrogen (secondary N) is 1. The summed E-state index contributed by atoms with van der Waals surface area (Å²) < 4.78 is 11.7. The van der Waals surface area contributed by atoms with E-state index in [9.17, 15) is 9.59 Å². The maximum Gasteiger partial charge on any atom is 0.287 e. The zero-order valence-electron chi connectivity index (χ0n) is 20.5. The summed E-state index contributed by atoms with van der Waals surface area (Å²) >= 11 is 0. The smallest absolute Gasteiger partial charge is 0.287 e. The van der Waals surface area contributed by atoms with Gasteiger partial charge in [0.05, 0.1) is 6.04 Å². The number of furan rings is 1. The molecule has 0 fully saturated rings. The molecule has 1 atom stereocenters. The first-order valence-electron chi connectivity index (χ1n) is 11.9. The van der Waals surface area contributed by atoms with E-state index < -0.39 is 5.41 Å². The molecule has 6 nitrogen and oxygen atoms in total. The van der Waals surface area contributed by atoms with E-state index >= 15 is 0 Å². The Balaban J connectivity index is 1.58. The van der Waals surface area contributed by atoms with E-state index in [0.29, 0.717) is 24.6 Å². The van der Waals surface area contributed by atoms with Gasteiger partial charge in [0.15, 0.2) is 5.76 Å². The molecule has 1 N–H and O–H groups in total. The number of nitrogens with zero attached hydrogens (tertiary/aromatic N) is 1. The van der Waals surface area contributed by atoms with Crippen LogP contribution in [0.25, 0.3) is 0 Å². The highest BCUT2D eigenvalue weighted by molar-refractivity contribution is 5.91. The van der Waals surface area contributed by atoms with Gasteiger partial charge >= 0.3 is 0 Å². The fourth-order valence-electron chi connectivity index (χ4n) is 4.31. The molecule has 2 amide bonds.